The maximum Gasteiger partial charge on any atom is 0.337 e. The number of carbonyl (C=O) groups excluding carboxylic acids is 1. The molecule has 68 valence electrons. The number of amidine groups is 1. The van der Waals surface area contributed by atoms with Gasteiger partial charge in [0.05, 0.1) is 18.2 Å². The van der Waals surface area contributed by atoms with E-state index in [1.165, 1.54) is 7.11 Å². The molecule has 0 saturated carbocycles. The number of carbonyl (C=O) groups is 1. The summed E-state index contributed by atoms with van der Waals surface area (Å²) in [6.07, 6.45) is 0. The minimum atomic E-state index is -0.400. The second kappa shape index (κ2) is 3.71. The Morgan fingerprint density at radius 3 is 2.62 bits per heavy atom. The molecule has 4 heteroatoms. The van der Waals surface area contributed by atoms with Crippen LogP contribution in [0.2, 0.25) is 0 Å². The number of benzene rings is 1. The van der Waals surface area contributed by atoms with Crippen molar-refractivity contribution in [1.82, 2.24) is 0 Å². The standard InChI is InChI=1S/C9H10N2O2/c1-13-9(12)7-4-2-3-6(5-7)8(10)11/h2-5H,1H3,(H3,10,11)/p+1. The molecule has 4 nitrogen and oxygen atoms in total. The summed E-state index contributed by atoms with van der Waals surface area (Å²) in [5, 5.41) is 5.37. The van der Waals surface area contributed by atoms with Gasteiger partial charge in [0, 0.05) is 0 Å². The fraction of sp³-hybridized carbons (Fsp3) is 0.111. The van der Waals surface area contributed by atoms with E-state index in [-0.39, 0.29) is 5.84 Å². The number of ether oxygens (including phenoxy) is 1. The Labute approximate surface area is 75.8 Å². The van der Waals surface area contributed by atoms with E-state index in [1.54, 1.807) is 24.3 Å². The van der Waals surface area contributed by atoms with Crippen molar-refractivity contribution in [2.24, 2.45) is 5.73 Å². The topological polar surface area (TPSA) is 77.9 Å². The molecule has 0 unspecified atom stereocenters. The Hall–Kier alpha value is -1.84. The van der Waals surface area contributed by atoms with E-state index in [9.17, 15) is 4.79 Å². The summed E-state index contributed by atoms with van der Waals surface area (Å²) in [7, 11) is 1.32. The van der Waals surface area contributed by atoms with Crippen LogP contribution in [0.3, 0.4) is 0 Å². The highest BCUT2D eigenvalue weighted by atomic mass is 16.5. The number of nitrogens with two attached hydrogens (primary N) is 2. The van der Waals surface area contributed by atoms with Crippen LogP contribution in [0.5, 0.6) is 0 Å². The summed E-state index contributed by atoms with van der Waals surface area (Å²) in [6, 6.07) is 6.64. The third-order valence-corrected chi connectivity index (χ3v) is 1.62. The summed E-state index contributed by atoms with van der Waals surface area (Å²) in [4.78, 5) is 11.1. The molecule has 0 saturated heterocycles. The molecule has 0 amide bonds. The van der Waals surface area contributed by atoms with E-state index < -0.39 is 5.97 Å². The van der Waals surface area contributed by atoms with Crippen LogP contribution in [0.15, 0.2) is 24.3 Å². The van der Waals surface area contributed by atoms with Crippen molar-refractivity contribution >= 4 is 11.8 Å². The molecule has 0 aliphatic rings. The molecule has 1 aromatic carbocycles. The van der Waals surface area contributed by atoms with Crippen LogP contribution in [0.1, 0.15) is 15.9 Å². The van der Waals surface area contributed by atoms with E-state index >= 15 is 0 Å². The fourth-order valence-corrected chi connectivity index (χ4v) is 0.944. The largest absolute Gasteiger partial charge is 0.465 e. The Balaban J connectivity index is 3.05. The molecule has 1 aromatic rings. The zero-order valence-electron chi connectivity index (χ0n) is 7.28. The number of methoxy groups -OCH3 is 1. The second-order valence-electron chi connectivity index (χ2n) is 2.53. The maximum absolute atomic E-state index is 11.1. The van der Waals surface area contributed by atoms with Crippen molar-refractivity contribution in [3.05, 3.63) is 35.4 Å². The van der Waals surface area contributed by atoms with Gasteiger partial charge in [-0.15, -0.1) is 0 Å². The third kappa shape index (κ3) is 2.05. The lowest BCUT2D eigenvalue weighted by atomic mass is 10.1. The molecule has 0 aromatic heterocycles. The van der Waals surface area contributed by atoms with Crippen molar-refractivity contribution in [2.45, 2.75) is 0 Å². The summed E-state index contributed by atoms with van der Waals surface area (Å²) in [6.45, 7) is 0. The summed E-state index contributed by atoms with van der Waals surface area (Å²) in [5.74, 6) is -0.214. The van der Waals surface area contributed by atoms with Gasteiger partial charge in [0.2, 0.25) is 0 Å². The Bertz CT molecular complexity index is 347. The molecular weight excluding hydrogens is 168 g/mol. The first-order chi connectivity index (χ1) is 6.15. The van der Waals surface area contributed by atoms with E-state index in [4.69, 9.17) is 11.1 Å². The number of rotatable bonds is 2. The van der Waals surface area contributed by atoms with Gasteiger partial charge in [0.1, 0.15) is 0 Å². The lowest BCUT2D eigenvalue weighted by molar-refractivity contribution is -0.114. The average molecular weight is 179 g/mol. The van der Waals surface area contributed by atoms with Crippen LogP contribution >= 0.6 is 0 Å². The molecule has 0 radical (unpaired) electrons. The Morgan fingerprint density at radius 1 is 1.46 bits per heavy atom. The maximum atomic E-state index is 11.1. The highest BCUT2D eigenvalue weighted by molar-refractivity contribution is 5.96. The van der Waals surface area contributed by atoms with Crippen LogP contribution in [0.4, 0.5) is 0 Å². The molecule has 1 rings (SSSR count). The second-order valence-corrected chi connectivity index (χ2v) is 2.53. The van der Waals surface area contributed by atoms with E-state index in [1.807, 2.05) is 0 Å². The van der Waals surface area contributed by atoms with Crippen LogP contribution in [0.25, 0.3) is 0 Å². The van der Waals surface area contributed by atoms with E-state index in [2.05, 4.69) is 4.74 Å². The lowest BCUT2D eigenvalue weighted by Crippen LogP contribution is -2.46. The van der Waals surface area contributed by atoms with Gasteiger partial charge >= 0.3 is 5.97 Å². The summed E-state index contributed by atoms with van der Waals surface area (Å²) >= 11 is 0. The summed E-state index contributed by atoms with van der Waals surface area (Å²) in [5.41, 5.74) is 6.43. The molecule has 0 fully saturated rings. The minimum Gasteiger partial charge on any atom is -0.465 e. The van der Waals surface area contributed by atoms with E-state index in [0.717, 1.165) is 0 Å². The van der Waals surface area contributed by atoms with Gasteiger partial charge in [-0.05, 0) is 18.2 Å². The first kappa shape index (κ1) is 9.25. The SMILES string of the molecule is COC(=O)c1cccc(C(N)=[NH2+])c1. The zero-order chi connectivity index (χ0) is 9.84. The van der Waals surface area contributed by atoms with Crippen molar-refractivity contribution in [2.75, 3.05) is 7.11 Å². The smallest absolute Gasteiger partial charge is 0.337 e. The molecular formula is C9H11N2O2+. The van der Waals surface area contributed by atoms with Gasteiger partial charge in [-0.3, -0.25) is 11.1 Å². The van der Waals surface area contributed by atoms with Gasteiger partial charge < -0.3 is 4.74 Å². The fourth-order valence-electron chi connectivity index (χ4n) is 0.944. The van der Waals surface area contributed by atoms with Crippen LogP contribution in [-0.4, -0.2) is 18.9 Å². The molecule has 0 atom stereocenters. The van der Waals surface area contributed by atoms with Gasteiger partial charge in [0.25, 0.3) is 5.84 Å². The van der Waals surface area contributed by atoms with Crippen molar-refractivity contribution in [1.29, 1.82) is 0 Å². The van der Waals surface area contributed by atoms with Gasteiger partial charge in [-0.1, -0.05) is 6.07 Å². The first-order valence-electron chi connectivity index (χ1n) is 3.72. The van der Waals surface area contributed by atoms with Gasteiger partial charge in [-0.25, -0.2) is 4.79 Å². The highest BCUT2D eigenvalue weighted by Crippen LogP contribution is 2.04. The predicted octanol–water partition coefficient (Wildman–Crippen LogP) is -1.06. The van der Waals surface area contributed by atoms with Crippen LogP contribution < -0.4 is 11.1 Å². The number of hydrogen-bond donors (Lipinski definition) is 2. The Morgan fingerprint density at radius 2 is 2.08 bits per heavy atom. The average Bonchev–Trinajstić information content (AvgIpc) is 2.17. The monoisotopic (exact) mass is 179 g/mol. The minimum absolute atomic E-state index is 0.186. The quantitative estimate of drug-likeness (QED) is 0.345. The van der Waals surface area contributed by atoms with E-state index in [0.29, 0.717) is 11.1 Å². The highest BCUT2D eigenvalue weighted by Gasteiger charge is 2.08. The van der Waals surface area contributed by atoms with Gasteiger partial charge in [0.15, 0.2) is 0 Å². The molecule has 0 heterocycles. The number of hydrogen-bond acceptors (Lipinski definition) is 2. The molecule has 0 aliphatic carbocycles. The normalized spacial score (nSPS) is 9.31. The Kier molecular flexibility index (Phi) is 2.64. The molecule has 0 aliphatic heterocycles. The van der Waals surface area contributed by atoms with Crippen LogP contribution in [-0.2, 0) is 4.74 Å². The molecule has 13 heavy (non-hydrogen) atoms. The van der Waals surface area contributed by atoms with Crippen molar-refractivity contribution in [3.63, 3.8) is 0 Å². The molecule has 0 spiro atoms. The molecule has 4 N–H and O–H groups in total. The van der Waals surface area contributed by atoms with Crippen LogP contribution in [0, 0.1) is 0 Å². The molecule has 0 bridgehead atoms. The van der Waals surface area contributed by atoms with Crippen molar-refractivity contribution < 1.29 is 14.9 Å². The first-order valence-corrected chi connectivity index (χ1v) is 3.72. The van der Waals surface area contributed by atoms with Crippen molar-refractivity contribution in [3.8, 4) is 0 Å². The number of esters is 1. The zero-order valence-corrected chi connectivity index (χ0v) is 7.28. The lowest BCUT2D eigenvalue weighted by Gasteiger charge is -1.99. The predicted molar refractivity (Wildman–Crippen MR) is 48.0 cm³/mol. The third-order valence-electron chi connectivity index (χ3n) is 1.62. The van der Waals surface area contributed by atoms with Gasteiger partial charge in [-0.2, -0.15) is 0 Å². The summed E-state index contributed by atoms with van der Waals surface area (Å²) < 4.78 is 4.54.